The van der Waals surface area contributed by atoms with E-state index in [2.05, 4.69) is 31.0 Å². The maximum absolute atomic E-state index is 10.0. The highest BCUT2D eigenvalue weighted by atomic mass is 16.3. The van der Waals surface area contributed by atoms with Crippen molar-refractivity contribution in [3.8, 4) is 0 Å². The van der Waals surface area contributed by atoms with Gasteiger partial charge in [0.25, 0.3) is 0 Å². The van der Waals surface area contributed by atoms with E-state index >= 15 is 0 Å². The van der Waals surface area contributed by atoms with E-state index in [4.69, 9.17) is 0 Å². The summed E-state index contributed by atoms with van der Waals surface area (Å²) in [5.41, 5.74) is 0. The van der Waals surface area contributed by atoms with Gasteiger partial charge in [0.1, 0.15) is 6.54 Å². The van der Waals surface area contributed by atoms with Crippen molar-refractivity contribution in [3.63, 3.8) is 0 Å². The van der Waals surface area contributed by atoms with E-state index in [0.717, 1.165) is 31.9 Å². The molecule has 0 fully saturated rings. The molecule has 18 heavy (non-hydrogen) atoms. The summed E-state index contributed by atoms with van der Waals surface area (Å²) in [6, 6.07) is 0. The first-order valence-corrected chi connectivity index (χ1v) is 7.43. The molecule has 0 aromatic rings. The number of aliphatic imine (C=N–C) groups is 1. The van der Waals surface area contributed by atoms with Gasteiger partial charge >= 0.3 is 0 Å². The maximum Gasteiger partial charge on any atom is 0.224 e. The van der Waals surface area contributed by atoms with Gasteiger partial charge in [0, 0.05) is 13.0 Å². The molecule has 1 rings (SSSR count). The Labute approximate surface area is 112 Å². The highest BCUT2D eigenvalue weighted by molar-refractivity contribution is 5.88. The quantitative estimate of drug-likeness (QED) is 0.523. The minimum atomic E-state index is -0.360. The van der Waals surface area contributed by atoms with Gasteiger partial charge in [-0.05, 0) is 19.8 Å². The average molecular weight is 253 g/mol. The SMILES string of the molecule is CCCCCC/C=C/C1=NCC[N+]1(CC)C(C)O. The molecule has 0 aromatic carbocycles. The zero-order chi connectivity index (χ0) is 13.4. The normalized spacial score (nSPS) is 25.7. The van der Waals surface area contributed by atoms with Crippen LogP contribution >= 0.6 is 0 Å². The average Bonchev–Trinajstić information content (AvgIpc) is 2.77. The van der Waals surface area contributed by atoms with Gasteiger partial charge in [-0.25, -0.2) is 9.48 Å². The molecular weight excluding hydrogens is 224 g/mol. The van der Waals surface area contributed by atoms with E-state index in [9.17, 15) is 5.11 Å². The topological polar surface area (TPSA) is 32.6 Å². The zero-order valence-corrected chi connectivity index (χ0v) is 12.2. The number of quaternary nitrogens is 1. The van der Waals surface area contributed by atoms with Gasteiger partial charge in [0.05, 0.1) is 13.1 Å². The van der Waals surface area contributed by atoms with Crippen molar-refractivity contribution in [1.29, 1.82) is 0 Å². The number of likely N-dealkylation sites (N-methyl/N-ethyl adjacent to an activating group) is 1. The van der Waals surface area contributed by atoms with Crippen molar-refractivity contribution >= 4 is 5.84 Å². The summed E-state index contributed by atoms with van der Waals surface area (Å²) in [7, 11) is 0. The molecule has 1 N–H and O–H groups in total. The van der Waals surface area contributed by atoms with Crippen LogP contribution in [-0.2, 0) is 0 Å². The van der Waals surface area contributed by atoms with E-state index < -0.39 is 0 Å². The van der Waals surface area contributed by atoms with Crippen molar-refractivity contribution in [1.82, 2.24) is 0 Å². The number of hydrogen-bond acceptors (Lipinski definition) is 2. The number of nitrogens with zero attached hydrogens (tertiary/aromatic N) is 2. The lowest BCUT2D eigenvalue weighted by Gasteiger charge is -2.35. The summed E-state index contributed by atoms with van der Waals surface area (Å²) in [6.45, 7) is 8.93. The third kappa shape index (κ3) is 3.66. The summed E-state index contributed by atoms with van der Waals surface area (Å²) in [6.07, 6.45) is 10.3. The Morgan fingerprint density at radius 3 is 2.72 bits per heavy atom. The van der Waals surface area contributed by atoms with E-state index in [1.165, 1.54) is 25.7 Å². The lowest BCUT2D eigenvalue weighted by atomic mass is 10.1. The van der Waals surface area contributed by atoms with Crippen molar-refractivity contribution < 1.29 is 9.59 Å². The number of amidine groups is 1. The summed E-state index contributed by atoms with van der Waals surface area (Å²) in [5, 5.41) is 10.0. The van der Waals surface area contributed by atoms with Gasteiger partial charge in [-0.15, -0.1) is 0 Å². The predicted molar refractivity (Wildman–Crippen MR) is 77.6 cm³/mol. The fourth-order valence-corrected chi connectivity index (χ4v) is 2.64. The molecule has 2 atom stereocenters. The summed E-state index contributed by atoms with van der Waals surface area (Å²) >= 11 is 0. The number of aliphatic hydroxyl groups excluding tert-OH is 1. The maximum atomic E-state index is 10.0. The Balaban J connectivity index is 2.47. The molecule has 1 aliphatic rings. The lowest BCUT2D eigenvalue weighted by molar-refractivity contribution is -0.880. The Bertz CT molecular complexity index is 297. The standard InChI is InChI=1S/C15H29N2O/c1-4-6-7-8-9-10-11-15-16-12-13-17(15,5-2)14(3)18/h10-11,14,18H,4-9,12-13H2,1-3H3/q+1/b11-10+. The lowest BCUT2D eigenvalue weighted by Crippen LogP contribution is -2.56. The molecule has 0 bridgehead atoms. The van der Waals surface area contributed by atoms with Crippen LogP contribution in [0.3, 0.4) is 0 Å². The van der Waals surface area contributed by atoms with Crippen molar-refractivity contribution in [2.24, 2.45) is 4.99 Å². The van der Waals surface area contributed by atoms with Crippen LogP contribution in [0.4, 0.5) is 0 Å². The van der Waals surface area contributed by atoms with Crippen LogP contribution in [0.1, 0.15) is 52.9 Å². The molecule has 104 valence electrons. The second kappa shape index (κ2) is 7.70. The molecule has 2 unspecified atom stereocenters. The van der Waals surface area contributed by atoms with E-state index in [1.807, 2.05) is 6.92 Å². The second-order valence-electron chi connectivity index (χ2n) is 5.20. The van der Waals surface area contributed by atoms with Gasteiger partial charge in [-0.3, -0.25) is 0 Å². The molecule has 3 heteroatoms. The minimum Gasteiger partial charge on any atom is -0.345 e. The highest BCUT2D eigenvalue weighted by Crippen LogP contribution is 2.20. The van der Waals surface area contributed by atoms with Crippen molar-refractivity contribution in [2.75, 3.05) is 19.6 Å². The van der Waals surface area contributed by atoms with Crippen molar-refractivity contribution in [3.05, 3.63) is 12.2 Å². The molecule has 0 aromatic heterocycles. The molecule has 0 radical (unpaired) electrons. The van der Waals surface area contributed by atoms with Crippen molar-refractivity contribution in [2.45, 2.75) is 59.1 Å². The number of allylic oxidation sites excluding steroid dienone is 1. The zero-order valence-electron chi connectivity index (χ0n) is 12.2. The third-order valence-electron chi connectivity index (χ3n) is 4.00. The first kappa shape index (κ1) is 15.4. The Kier molecular flexibility index (Phi) is 6.58. The number of hydrogen-bond donors (Lipinski definition) is 1. The third-order valence-corrected chi connectivity index (χ3v) is 4.00. The molecular formula is C15H29N2O+. The van der Waals surface area contributed by atoms with Crippen LogP contribution in [0, 0.1) is 0 Å². The molecule has 1 aliphatic heterocycles. The fourth-order valence-electron chi connectivity index (χ4n) is 2.64. The first-order chi connectivity index (χ1) is 8.67. The fraction of sp³-hybridized carbons (Fsp3) is 0.800. The van der Waals surface area contributed by atoms with Crippen LogP contribution in [0.2, 0.25) is 0 Å². The summed E-state index contributed by atoms with van der Waals surface area (Å²) in [4.78, 5) is 4.56. The molecule has 0 spiro atoms. The summed E-state index contributed by atoms with van der Waals surface area (Å²) < 4.78 is 0.630. The Hall–Kier alpha value is -0.670. The highest BCUT2D eigenvalue weighted by Gasteiger charge is 2.39. The first-order valence-electron chi connectivity index (χ1n) is 7.43. The number of aliphatic hydroxyl groups is 1. The van der Waals surface area contributed by atoms with Crippen LogP contribution in [-0.4, -0.2) is 41.3 Å². The minimum absolute atomic E-state index is 0.360. The molecule has 0 saturated carbocycles. The molecule has 0 saturated heterocycles. The molecule has 0 aliphatic carbocycles. The van der Waals surface area contributed by atoms with Crippen LogP contribution in [0.5, 0.6) is 0 Å². The van der Waals surface area contributed by atoms with E-state index in [0.29, 0.717) is 4.48 Å². The molecule has 3 nitrogen and oxygen atoms in total. The molecule has 0 amide bonds. The molecule has 1 heterocycles. The monoisotopic (exact) mass is 253 g/mol. The van der Waals surface area contributed by atoms with Gasteiger partial charge in [-0.2, -0.15) is 0 Å². The van der Waals surface area contributed by atoms with E-state index in [-0.39, 0.29) is 6.23 Å². The van der Waals surface area contributed by atoms with Crippen LogP contribution in [0.15, 0.2) is 17.1 Å². The van der Waals surface area contributed by atoms with Gasteiger partial charge in [0.15, 0.2) is 6.23 Å². The summed E-state index contributed by atoms with van der Waals surface area (Å²) in [5.74, 6) is 1.06. The van der Waals surface area contributed by atoms with Crippen LogP contribution in [0.25, 0.3) is 0 Å². The van der Waals surface area contributed by atoms with Gasteiger partial charge < -0.3 is 5.11 Å². The predicted octanol–water partition coefficient (Wildman–Crippen LogP) is 3.10. The van der Waals surface area contributed by atoms with Crippen LogP contribution < -0.4 is 0 Å². The smallest absolute Gasteiger partial charge is 0.224 e. The van der Waals surface area contributed by atoms with Gasteiger partial charge in [-0.1, -0.05) is 32.3 Å². The Morgan fingerprint density at radius 2 is 2.11 bits per heavy atom. The Morgan fingerprint density at radius 1 is 1.33 bits per heavy atom. The largest absolute Gasteiger partial charge is 0.345 e. The van der Waals surface area contributed by atoms with E-state index in [1.54, 1.807) is 0 Å². The number of rotatable bonds is 8. The second-order valence-corrected chi connectivity index (χ2v) is 5.20. The number of unbranched alkanes of at least 4 members (excludes halogenated alkanes) is 4. The van der Waals surface area contributed by atoms with Gasteiger partial charge in [0.2, 0.25) is 5.84 Å².